The minimum Gasteiger partial charge on any atom is -0.300 e. The van der Waals surface area contributed by atoms with Crippen molar-refractivity contribution in [2.24, 2.45) is 0 Å². The van der Waals surface area contributed by atoms with Gasteiger partial charge < -0.3 is 0 Å². The summed E-state index contributed by atoms with van der Waals surface area (Å²) < 4.78 is 0. The molecular weight excluding hydrogens is 204 g/mol. The molecule has 1 aromatic carbocycles. The van der Waals surface area contributed by atoms with Crippen LogP contribution in [0.3, 0.4) is 0 Å². The van der Waals surface area contributed by atoms with Gasteiger partial charge in [-0.15, -0.1) is 11.8 Å². The maximum atomic E-state index is 11.3. The van der Waals surface area contributed by atoms with Crippen molar-refractivity contribution in [1.82, 2.24) is 0 Å². The molecule has 1 aliphatic carbocycles. The van der Waals surface area contributed by atoms with Gasteiger partial charge in [-0.3, -0.25) is 4.79 Å². The van der Waals surface area contributed by atoms with Crippen LogP contribution in [0.25, 0.3) is 0 Å². The van der Waals surface area contributed by atoms with Gasteiger partial charge in [0.05, 0.1) is 0 Å². The van der Waals surface area contributed by atoms with Gasteiger partial charge in [0.2, 0.25) is 0 Å². The number of aryl methyl sites for hydroxylation is 1. The number of ketones is 1. The molecule has 0 radical (unpaired) electrons. The van der Waals surface area contributed by atoms with Crippen molar-refractivity contribution >= 4 is 17.5 Å². The Hall–Kier alpha value is -0.760. The van der Waals surface area contributed by atoms with Gasteiger partial charge >= 0.3 is 0 Å². The van der Waals surface area contributed by atoms with E-state index in [-0.39, 0.29) is 0 Å². The Bertz CT molecular complexity index is 359. The van der Waals surface area contributed by atoms with Crippen molar-refractivity contribution in [2.75, 3.05) is 0 Å². The quantitative estimate of drug-likeness (QED) is 0.757. The van der Waals surface area contributed by atoms with Crippen molar-refractivity contribution < 1.29 is 4.79 Å². The van der Waals surface area contributed by atoms with E-state index < -0.39 is 0 Å². The Morgan fingerprint density at radius 3 is 2.87 bits per heavy atom. The SMILES string of the molecule is Cc1ccccc1SC1CCCC(=O)C1. The van der Waals surface area contributed by atoms with Gasteiger partial charge in [0, 0.05) is 23.0 Å². The predicted octanol–water partition coefficient (Wildman–Crippen LogP) is 3.60. The van der Waals surface area contributed by atoms with Crippen LogP contribution in [0.15, 0.2) is 29.2 Å². The lowest BCUT2D eigenvalue weighted by molar-refractivity contribution is -0.120. The van der Waals surface area contributed by atoms with Crippen molar-refractivity contribution in [2.45, 2.75) is 42.8 Å². The first-order valence-corrected chi connectivity index (χ1v) is 6.37. The lowest BCUT2D eigenvalue weighted by Gasteiger charge is -2.20. The predicted molar refractivity (Wildman–Crippen MR) is 64.3 cm³/mol. The summed E-state index contributed by atoms with van der Waals surface area (Å²) in [6.45, 7) is 2.13. The zero-order valence-corrected chi connectivity index (χ0v) is 9.85. The molecule has 0 aliphatic heterocycles. The van der Waals surface area contributed by atoms with Crippen LogP contribution in [-0.4, -0.2) is 11.0 Å². The number of carbonyl (C=O) groups excluding carboxylic acids is 1. The van der Waals surface area contributed by atoms with Crippen LogP contribution in [-0.2, 0) is 4.79 Å². The van der Waals surface area contributed by atoms with E-state index in [2.05, 4.69) is 31.2 Å². The zero-order valence-electron chi connectivity index (χ0n) is 9.03. The molecule has 0 aromatic heterocycles. The third kappa shape index (κ3) is 2.85. The Kier molecular flexibility index (Phi) is 3.47. The van der Waals surface area contributed by atoms with Gasteiger partial charge in [0.25, 0.3) is 0 Å². The molecule has 1 aromatic rings. The summed E-state index contributed by atoms with van der Waals surface area (Å²) in [6.07, 6.45) is 3.82. The van der Waals surface area contributed by atoms with Crippen molar-refractivity contribution in [3.05, 3.63) is 29.8 Å². The Balaban J connectivity index is 2.02. The highest BCUT2D eigenvalue weighted by Gasteiger charge is 2.20. The number of hydrogen-bond donors (Lipinski definition) is 0. The zero-order chi connectivity index (χ0) is 10.7. The van der Waals surface area contributed by atoms with E-state index in [1.165, 1.54) is 16.9 Å². The van der Waals surface area contributed by atoms with Gasteiger partial charge in [0.1, 0.15) is 5.78 Å². The van der Waals surface area contributed by atoms with Crippen LogP contribution in [0.5, 0.6) is 0 Å². The molecule has 1 atom stereocenters. The van der Waals surface area contributed by atoms with E-state index in [0.29, 0.717) is 11.0 Å². The van der Waals surface area contributed by atoms with Gasteiger partial charge in [-0.1, -0.05) is 18.2 Å². The molecule has 0 N–H and O–H groups in total. The van der Waals surface area contributed by atoms with Crippen LogP contribution >= 0.6 is 11.8 Å². The number of rotatable bonds is 2. The van der Waals surface area contributed by atoms with Crippen LogP contribution in [0.2, 0.25) is 0 Å². The molecule has 1 saturated carbocycles. The van der Waals surface area contributed by atoms with Crippen LogP contribution < -0.4 is 0 Å². The largest absolute Gasteiger partial charge is 0.300 e. The van der Waals surface area contributed by atoms with Gasteiger partial charge in [-0.25, -0.2) is 0 Å². The van der Waals surface area contributed by atoms with E-state index in [9.17, 15) is 4.79 Å². The molecule has 0 amide bonds. The average molecular weight is 220 g/mol. The lowest BCUT2D eigenvalue weighted by Crippen LogP contribution is -2.16. The lowest BCUT2D eigenvalue weighted by atomic mass is 9.99. The molecule has 80 valence electrons. The van der Waals surface area contributed by atoms with Crippen molar-refractivity contribution in [3.63, 3.8) is 0 Å². The second-order valence-electron chi connectivity index (χ2n) is 4.14. The molecule has 1 aliphatic rings. The Morgan fingerprint density at radius 2 is 2.13 bits per heavy atom. The maximum absolute atomic E-state index is 11.3. The van der Waals surface area contributed by atoms with Crippen molar-refractivity contribution in [1.29, 1.82) is 0 Å². The van der Waals surface area contributed by atoms with E-state index >= 15 is 0 Å². The van der Waals surface area contributed by atoms with Gasteiger partial charge in [-0.05, 0) is 31.4 Å². The van der Waals surface area contributed by atoms with E-state index in [0.717, 1.165) is 19.3 Å². The molecule has 2 heteroatoms. The number of hydrogen-bond acceptors (Lipinski definition) is 2. The van der Waals surface area contributed by atoms with E-state index in [4.69, 9.17) is 0 Å². The maximum Gasteiger partial charge on any atom is 0.134 e. The minimum absolute atomic E-state index is 0.437. The topological polar surface area (TPSA) is 17.1 Å². The first-order valence-electron chi connectivity index (χ1n) is 5.49. The summed E-state index contributed by atoms with van der Waals surface area (Å²) in [5.74, 6) is 0.437. The van der Waals surface area contributed by atoms with Crippen LogP contribution in [0, 0.1) is 6.92 Å². The smallest absolute Gasteiger partial charge is 0.134 e. The third-order valence-corrected chi connectivity index (χ3v) is 4.27. The Morgan fingerprint density at radius 1 is 1.33 bits per heavy atom. The second kappa shape index (κ2) is 4.84. The van der Waals surface area contributed by atoms with Gasteiger partial charge in [0.15, 0.2) is 0 Å². The molecule has 0 heterocycles. The van der Waals surface area contributed by atoms with E-state index in [1.807, 2.05) is 11.8 Å². The highest BCUT2D eigenvalue weighted by atomic mass is 32.2. The minimum atomic E-state index is 0.437. The summed E-state index contributed by atoms with van der Waals surface area (Å²) >= 11 is 1.87. The fourth-order valence-electron chi connectivity index (χ4n) is 1.95. The van der Waals surface area contributed by atoms with E-state index in [1.54, 1.807) is 0 Å². The molecule has 1 nitrogen and oxygen atoms in total. The molecule has 0 bridgehead atoms. The summed E-state index contributed by atoms with van der Waals surface area (Å²) in [5, 5.41) is 0.507. The number of carbonyl (C=O) groups is 1. The molecule has 1 unspecified atom stereocenters. The number of Topliss-reactive ketones (excluding diaryl/α,β-unsaturated/α-hetero) is 1. The first kappa shape index (κ1) is 10.7. The molecule has 15 heavy (non-hydrogen) atoms. The van der Waals surface area contributed by atoms with Crippen LogP contribution in [0.4, 0.5) is 0 Å². The fraction of sp³-hybridized carbons (Fsp3) is 0.462. The second-order valence-corrected chi connectivity index (χ2v) is 5.48. The summed E-state index contributed by atoms with van der Waals surface area (Å²) in [6, 6.07) is 8.41. The normalized spacial score (nSPS) is 21.7. The molecule has 0 spiro atoms. The first-order chi connectivity index (χ1) is 7.25. The third-order valence-electron chi connectivity index (χ3n) is 2.82. The fourth-order valence-corrected chi connectivity index (χ4v) is 3.28. The number of benzene rings is 1. The summed E-state index contributed by atoms with van der Waals surface area (Å²) in [4.78, 5) is 12.7. The average Bonchev–Trinajstić information content (AvgIpc) is 2.22. The molecule has 1 fully saturated rings. The molecule has 2 rings (SSSR count). The Labute approximate surface area is 95.3 Å². The molecule has 0 saturated heterocycles. The highest BCUT2D eigenvalue weighted by molar-refractivity contribution is 8.00. The van der Waals surface area contributed by atoms with Gasteiger partial charge in [-0.2, -0.15) is 0 Å². The van der Waals surface area contributed by atoms with Crippen molar-refractivity contribution in [3.8, 4) is 0 Å². The number of thioether (sulfide) groups is 1. The summed E-state index contributed by atoms with van der Waals surface area (Å²) in [7, 11) is 0. The van der Waals surface area contributed by atoms with Crippen LogP contribution in [0.1, 0.15) is 31.2 Å². The standard InChI is InChI=1S/C13H16OS/c1-10-5-2-3-8-13(10)15-12-7-4-6-11(14)9-12/h2-3,5,8,12H,4,6-7,9H2,1H3. The summed E-state index contributed by atoms with van der Waals surface area (Å²) in [5.41, 5.74) is 1.32. The highest BCUT2D eigenvalue weighted by Crippen LogP contribution is 2.33. The molecular formula is C13H16OS. The monoisotopic (exact) mass is 220 g/mol.